The zero-order valence-corrected chi connectivity index (χ0v) is 23.8. The van der Waals surface area contributed by atoms with E-state index in [1.807, 2.05) is 26.0 Å². The molecule has 3 aromatic rings. The van der Waals surface area contributed by atoms with Gasteiger partial charge in [0.1, 0.15) is 30.0 Å². The molecular weight excluding hydrogens is 546 g/mol. The number of hydrogen-bond donors (Lipinski definition) is 0. The first kappa shape index (κ1) is 29.0. The number of hydrogen-bond acceptors (Lipinski definition) is 6. The third-order valence-corrected chi connectivity index (χ3v) is 8.12. The Hall–Kier alpha value is -2.97. The second kappa shape index (κ2) is 12.5. The lowest BCUT2D eigenvalue weighted by atomic mass is 9.84. The summed E-state index contributed by atoms with van der Waals surface area (Å²) in [6.45, 7) is 5.75. The third kappa shape index (κ3) is 6.97. The van der Waals surface area contributed by atoms with E-state index in [0.717, 1.165) is 10.5 Å². The van der Waals surface area contributed by atoms with Crippen molar-refractivity contribution in [2.45, 2.75) is 56.5 Å². The zero-order valence-electron chi connectivity index (χ0n) is 22.3. The van der Waals surface area contributed by atoms with Gasteiger partial charge in [-0.25, -0.2) is 8.78 Å². The number of thioether (sulfide) groups is 1. The highest BCUT2D eigenvalue weighted by molar-refractivity contribution is 7.99. The minimum absolute atomic E-state index is 0.0333. The van der Waals surface area contributed by atoms with Crippen molar-refractivity contribution in [2.75, 3.05) is 13.7 Å². The summed E-state index contributed by atoms with van der Waals surface area (Å²) in [4.78, 5) is 13.4. The van der Waals surface area contributed by atoms with E-state index in [2.05, 4.69) is 0 Å². The Balaban J connectivity index is 1.61. The van der Waals surface area contributed by atoms with Gasteiger partial charge >= 0.3 is 5.97 Å². The number of carbonyl (C=O) groups is 1. The molecule has 1 aliphatic rings. The van der Waals surface area contributed by atoms with Crippen molar-refractivity contribution in [1.29, 1.82) is 0 Å². The molecule has 0 aromatic heterocycles. The molecule has 9 heteroatoms. The Bertz CT molecular complexity index is 1310. The first-order valence-electron chi connectivity index (χ1n) is 12.6. The number of ether oxygens (including phenoxy) is 4. The molecule has 2 atom stereocenters. The molecule has 0 radical (unpaired) electrons. The summed E-state index contributed by atoms with van der Waals surface area (Å²) >= 11 is 7.70. The van der Waals surface area contributed by atoms with Crippen LogP contribution in [0.3, 0.4) is 0 Å². The third-order valence-electron chi connectivity index (χ3n) is 6.51. The Morgan fingerprint density at radius 2 is 1.92 bits per heavy atom. The van der Waals surface area contributed by atoms with Crippen LogP contribution in [0.2, 0.25) is 5.02 Å². The van der Waals surface area contributed by atoms with E-state index in [4.69, 9.17) is 30.5 Å². The maximum absolute atomic E-state index is 14.2. The van der Waals surface area contributed by atoms with Gasteiger partial charge in [0.2, 0.25) is 0 Å². The van der Waals surface area contributed by atoms with E-state index in [-0.39, 0.29) is 35.2 Å². The SMILES string of the molecule is CCOC(=O)C(C)(C)CC1CC(Sc2ccc(F)c(OC)c2)c2cc(OCc3c(F)cccc3Cl)ccc2O1. The van der Waals surface area contributed by atoms with Crippen molar-refractivity contribution in [3.8, 4) is 17.2 Å². The lowest BCUT2D eigenvalue weighted by molar-refractivity contribution is -0.155. The van der Waals surface area contributed by atoms with Gasteiger partial charge in [0.15, 0.2) is 11.6 Å². The predicted octanol–water partition coefficient (Wildman–Crippen LogP) is 8.17. The highest BCUT2D eigenvalue weighted by Gasteiger charge is 2.37. The summed E-state index contributed by atoms with van der Waals surface area (Å²) in [7, 11) is 1.43. The Kier molecular flexibility index (Phi) is 9.28. The van der Waals surface area contributed by atoms with Crippen molar-refractivity contribution in [2.24, 2.45) is 5.41 Å². The fraction of sp³-hybridized carbons (Fsp3) is 0.367. The highest BCUT2D eigenvalue weighted by Crippen LogP contribution is 2.49. The summed E-state index contributed by atoms with van der Waals surface area (Å²) in [6.07, 6.45) is 0.780. The minimum atomic E-state index is -0.741. The monoisotopic (exact) mass is 576 g/mol. The van der Waals surface area contributed by atoms with Gasteiger partial charge in [-0.15, -0.1) is 11.8 Å². The van der Waals surface area contributed by atoms with Gasteiger partial charge in [-0.1, -0.05) is 17.7 Å². The maximum atomic E-state index is 14.2. The van der Waals surface area contributed by atoms with Crippen LogP contribution >= 0.6 is 23.4 Å². The molecule has 0 saturated carbocycles. The molecule has 0 N–H and O–H groups in total. The van der Waals surface area contributed by atoms with Gasteiger partial charge in [0.25, 0.3) is 0 Å². The van der Waals surface area contributed by atoms with E-state index < -0.39 is 17.0 Å². The molecule has 39 heavy (non-hydrogen) atoms. The highest BCUT2D eigenvalue weighted by atomic mass is 35.5. The van der Waals surface area contributed by atoms with Crippen LogP contribution in [0.5, 0.6) is 17.2 Å². The van der Waals surface area contributed by atoms with Gasteiger partial charge in [-0.05, 0) is 75.7 Å². The summed E-state index contributed by atoms with van der Waals surface area (Å²) in [5, 5.41) is 0.189. The average Bonchev–Trinajstić information content (AvgIpc) is 2.89. The molecule has 0 spiro atoms. The molecule has 0 bridgehead atoms. The number of benzene rings is 3. The Morgan fingerprint density at radius 1 is 1.13 bits per heavy atom. The van der Waals surface area contributed by atoms with Gasteiger partial charge in [0, 0.05) is 27.7 Å². The molecule has 0 fully saturated rings. The Morgan fingerprint density at radius 3 is 2.64 bits per heavy atom. The van der Waals surface area contributed by atoms with Crippen molar-refractivity contribution in [3.63, 3.8) is 0 Å². The molecule has 4 rings (SSSR count). The van der Waals surface area contributed by atoms with Crippen LogP contribution in [0.1, 0.15) is 50.0 Å². The number of esters is 1. The molecule has 0 saturated heterocycles. The molecule has 0 aliphatic carbocycles. The summed E-state index contributed by atoms with van der Waals surface area (Å²) in [5.74, 6) is 0.201. The normalized spacial score (nSPS) is 16.7. The van der Waals surface area contributed by atoms with Crippen molar-refractivity contribution < 1.29 is 32.5 Å². The molecule has 2 unspecified atom stereocenters. The number of fused-ring (bicyclic) bond motifs is 1. The minimum Gasteiger partial charge on any atom is -0.494 e. The molecule has 3 aromatic carbocycles. The number of methoxy groups -OCH3 is 1. The number of halogens is 3. The topological polar surface area (TPSA) is 54.0 Å². The van der Waals surface area contributed by atoms with E-state index >= 15 is 0 Å². The van der Waals surface area contributed by atoms with Gasteiger partial charge in [0.05, 0.1) is 24.2 Å². The van der Waals surface area contributed by atoms with Crippen LogP contribution in [-0.4, -0.2) is 25.8 Å². The fourth-order valence-electron chi connectivity index (χ4n) is 4.49. The van der Waals surface area contributed by atoms with Crippen LogP contribution in [0.15, 0.2) is 59.5 Å². The second-order valence-electron chi connectivity index (χ2n) is 9.88. The van der Waals surface area contributed by atoms with Gasteiger partial charge in [-0.3, -0.25) is 4.79 Å². The van der Waals surface area contributed by atoms with E-state index in [9.17, 15) is 13.6 Å². The summed E-state index contributed by atoms with van der Waals surface area (Å²) in [5.41, 5.74) is 0.415. The smallest absolute Gasteiger partial charge is 0.311 e. The maximum Gasteiger partial charge on any atom is 0.311 e. The Labute approximate surface area is 236 Å². The number of carbonyl (C=O) groups excluding carboxylic acids is 1. The van der Waals surface area contributed by atoms with Crippen LogP contribution in [-0.2, 0) is 16.1 Å². The van der Waals surface area contributed by atoms with E-state index in [0.29, 0.717) is 36.0 Å². The quantitative estimate of drug-likeness (QED) is 0.227. The summed E-state index contributed by atoms with van der Waals surface area (Å²) in [6, 6.07) is 14.7. The molecule has 0 amide bonds. The van der Waals surface area contributed by atoms with E-state index in [1.165, 1.54) is 19.2 Å². The zero-order chi connectivity index (χ0) is 28.2. The van der Waals surface area contributed by atoms with Crippen molar-refractivity contribution in [3.05, 3.63) is 82.4 Å². The van der Waals surface area contributed by atoms with Crippen molar-refractivity contribution in [1.82, 2.24) is 0 Å². The van der Waals surface area contributed by atoms with Crippen molar-refractivity contribution >= 4 is 29.3 Å². The van der Waals surface area contributed by atoms with Gasteiger partial charge < -0.3 is 18.9 Å². The summed E-state index contributed by atoms with van der Waals surface area (Å²) < 4.78 is 51.0. The molecule has 208 valence electrons. The van der Waals surface area contributed by atoms with Gasteiger partial charge in [-0.2, -0.15) is 0 Å². The van der Waals surface area contributed by atoms with Crippen LogP contribution in [0.25, 0.3) is 0 Å². The lowest BCUT2D eigenvalue weighted by Gasteiger charge is -2.35. The fourth-order valence-corrected chi connectivity index (χ4v) is 5.98. The van der Waals surface area contributed by atoms with E-state index in [1.54, 1.807) is 49.0 Å². The first-order valence-corrected chi connectivity index (χ1v) is 13.9. The van der Waals surface area contributed by atoms with Crippen LogP contribution in [0.4, 0.5) is 8.78 Å². The molecule has 1 aliphatic heterocycles. The second-order valence-corrected chi connectivity index (χ2v) is 11.6. The molecular formula is C30H31ClF2O5S. The first-order chi connectivity index (χ1) is 18.6. The molecule has 5 nitrogen and oxygen atoms in total. The number of rotatable bonds is 10. The standard InChI is InChI=1S/C30H31ClF2O5S/c1-5-36-29(34)30(2,3)16-19-14-28(39-20-10-11-25(33)27(15-20)35-4)21-13-18(9-12-26(21)38-19)37-17-22-23(31)7-6-8-24(22)32/h6-13,15,19,28H,5,14,16-17H2,1-4H3. The molecule has 1 heterocycles. The van der Waals surface area contributed by atoms with Crippen LogP contribution in [0, 0.1) is 17.0 Å². The lowest BCUT2D eigenvalue weighted by Crippen LogP contribution is -2.35. The average molecular weight is 577 g/mol. The largest absolute Gasteiger partial charge is 0.494 e. The van der Waals surface area contributed by atoms with Crippen LogP contribution < -0.4 is 14.2 Å². The predicted molar refractivity (Wildman–Crippen MR) is 148 cm³/mol.